The number of allylic oxidation sites excluding steroid dienone is 1. The summed E-state index contributed by atoms with van der Waals surface area (Å²) in [6.45, 7) is 8.35. The van der Waals surface area contributed by atoms with Crippen LogP contribution >= 0.6 is 11.6 Å². The van der Waals surface area contributed by atoms with Gasteiger partial charge < -0.3 is 9.16 Å². The zero-order valence-corrected chi connectivity index (χ0v) is 22.4. The molecule has 3 aromatic rings. The third-order valence-electron chi connectivity index (χ3n) is 6.25. The Hall–Kier alpha value is -2.49. The first-order chi connectivity index (χ1) is 18.1. The van der Waals surface area contributed by atoms with E-state index in [0.29, 0.717) is 40.5 Å². The van der Waals surface area contributed by atoms with Crippen LogP contribution in [0.4, 0.5) is 0 Å². The molecule has 0 radical (unpaired) electrons. The topological polar surface area (TPSA) is 18.5 Å². The predicted octanol–water partition coefficient (Wildman–Crippen LogP) is 9.06. The van der Waals surface area contributed by atoms with E-state index in [1.54, 1.807) is 36.4 Å². The van der Waals surface area contributed by atoms with Crippen molar-refractivity contribution >= 4 is 31.1 Å². The maximum absolute atomic E-state index is 8.85. The molecule has 0 aliphatic heterocycles. The lowest BCUT2D eigenvalue weighted by Crippen LogP contribution is -2.43. The van der Waals surface area contributed by atoms with Crippen LogP contribution in [-0.4, -0.2) is 20.8 Å². The van der Waals surface area contributed by atoms with Crippen LogP contribution < -0.4 is 9.16 Å². The summed E-state index contributed by atoms with van der Waals surface area (Å²) in [4.78, 5) is 0. The molecule has 0 unspecified atom stereocenters. The lowest BCUT2D eigenvalue weighted by Gasteiger charge is -2.36. The minimum absolute atomic E-state index is 0.0280. The summed E-state index contributed by atoms with van der Waals surface area (Å²) >= 11 is 5.76. The first-order valence-electron chi connectivity index (χ1n) is 14.0. The Morgan fingerprint density at radius 3 is 1.91 bits per heavy atom. The van der Waals surface area contributed by atoms with Gasteiger partial charge in [-0.1, -0.05) is 82.2 Å². The highest BCUT2D eigenvalue weighted by molar-refractivity contribution is 6.74. The molecule has 0 saturated heterocycles. The zero-order valence-electron chi connectivity index (χ0n) is 25.6. The summed E-state index contributed by atoms with van der Waals surface area (Å²) in [7, 11) is -2.07. The van der Waals surface area contributed by atoms with Crippen molar-refractivity contribution in [2.24, 2.45) is 0 Å². The monoisotopic (exact) mass is 497 g/mol. The van der Waals surface area contributed by atoms with Gasteiger partial charge in [0, 0.05) is 6.85 Å². The number of halogens is 1. The van der Waals surface area contributed by atoms with E-state index in [1.807, 2.05) is 42.5 Å². The largest absolute Gasteiger partial charge is 0.544 e. The maximum Gasteiger partial charge on any atom is 0.250 e. The molecule has 3 aromatic carbocycles. The van der Waals surface area contributed by atoms with E-state index < -0.39 is 21.5 Å². The van der Waals surface area contributed by atoms with Crippen LogP contribution in [0.15, 0.2) is 78.9 Å². The fraction of sp³-hybridized carbons (Fsp3) is 0.333. The van der Waals surface area contributed by atoms with E-state index in [0.717, 1.165) is 5.75 Å². The Labute approximate surface area is 218 Å². The fourth-order valence-corrected chi connectivity index (χ4v) is 4.46. The summed E-state index contributed by atoms with van der Waals surface area (Å²) in [6, 6.07) is 23.6. The van der Waals surface area contributed by atoms with Gasteiger partial charge in [0.1, 0.15) is 18.1 Å². The molecule has 0 fully saturated rings. The Balaban J connectivity index is 2.27. The molecule has 0 atom stereocenters. The van der Waals surface area contributed by atoms with Crippen LogP contribution in [0.5, 0.6) is 11.5 Å². The van der Waals surface area contributed by atoms with Crippen LogP contribution in [0.2, 0.25) is 18.1 Å². The molecule has 0 heterocycles. The van der Waals surface area contributed by atoms with E-state index in [2.05, 4.69) is 33.9 Å². The van der Waals surface area contributed by atoms with Gasteiger partial charge in [0.25, 0.3) is 0 Å². The third-order valence-corrected chi connectivity index (χ3v) is 10.8. The molecule has 0 aromatic heterocycles. The first-order valence-corrected chi connectivity index (χ1v) is 14.9. The van der Waals surface area contributed by atoms with Crippen molar-refractivity contribution in [1.29, 1.82) is 0 Å². The second-order valence-electron chi connectivity index (χ2n) is 9.69. The van der Waals surface area contributed by atoms with Gasteiger partial charge in [-0.2, -0.15) is 0 Å². The molecule has 0 aliphatic rings. The summed E-state index contributed by atoms with van der Waals surface area (Å²) in [6.07, 6.45) is -2.65. The van der Waals surface area contributed by atoms with Crippen molar-refractivity contribution in [1.82, 2.24) is 0 Å². The molecular formula is C30H37ClO2Si. The van der Waals surface area contributed by atoms with Crippen molar-refractivity contribution < 1.29 is 16.0 Å². The average molecular weight is 498 g/mol. The number of benzene rings is 3. The van der Waals surface area contributed by atoms with Gasteiger partial charge in [0.2, 0.25) is 8.32 Å². The van der Waals surface area contributed by atoms with Crippen molar-refractivity contribution in [2.45, 2.75) is 52.1 Å². The van der Waals surface area contributed by atoms with Gasteiger partial charge in [-0.25, -0.2) is 0 Å². The highest BCUT2D eigenvalue weighted by Crippen LogP contribution is 2.39. The van der Waals surface area contributed by atoms with E-state index in [-0.39, 0.29) is 10.6 Å². The molecule has 0 aliphatic carbocycles. The Morgan fingerprint density at radius 2 is 1.41 bits per heavy atom. The molecule has 0 spiro atoms. The molecule has 4 heteroatoms. The number of hydrogen-bond donors (Lipinski definition) is 0. The first kappa shape index (κ1) is 19.8. The van der Waals surface area contributed by atoms with Gasteiger partial charge >= 0.3 is 0 Å². The lowest BCUT2D eigenvalue weighted by atomic mass is 9.88. The van der Waals surface area contributed by atoms with Crippen LogP contribution in [-0.2, 0) is 0 Å². The van der Waals surface area contributed by atoms with Crippen LogP contribution in [0, 0.1) is 0 Å². The summed E-state index contributed by atoms with van der Waals surface area (Å²) in [5.41, 5.74) is 2.43. The highest BCUT2D eigenvalue weighted by atomic mass is 35.5. The highest BCUT2D eigenvalue weighted by Gasteiger charge is 2.38. The Bertz CT molecular complexity index is 1260. The molecule has 180 valence electrons. The number of ether oxygens (including phenoxy) is 1. The molecule has 0 saturated carbocycles. The molecule has 0 N–H and O–H groups in total. The van der Waals surface area contributed by atoms with Crippen molar-refractivity contribution in [3.8, 4) is 11.5 Å². The van der Waals surface area contributed by atoms with Crippen molar-refractivity contribution in [3.63, 3.8) is 0 Å². The van der Waals surface area contributed by atoms with E-state index in [9.17, 15) is 0 Å². The van der Waals surface area contributed by atoms with E-state index in [1.165, 1.54) is 0 Å². The summed E-state index contributed by atoms with van der Waals surface area (Å²) in [5, 5.41) is 0.0280. The lowest BCUT2D eigenvalue weighted by molar-refractivity contribution is 0.343. The van der Waals surface area contributed by atoms with Crippen LogP contribution in [0.1, 0.15) is 57.5 Å². The molecule has 2 nitrogen and oxygen atoms in total. The van der Waals surface area contributed by atoms with Gasteiger partial charge in [0.15, 0.2) is 0 Å². The SMILES string of the molecule is [2H]C([2H])([2H])C([2H])([2H])/C(=C(/c1ccc(OCCCl)cc1)c1ccc(O[Si](C)(C)C(C)(C)C)cc1)c1ccccc1. The Kier molecular flexibility index (Phi) is 6.57. The second kappa shape index (κ2) is 11.3. The van der Waals surface area contributed by atoms with Crippen molar-refractivity contribution in [3.05, 3.63) is 95.6 Å². The van der Waals surface area contributed by atoms with Crippen LogP contribution in [0.25, 0.3) is 11.1 Å². The molecule has 34 heavy (non-hydrogen) atoms. The minimum Gasteiger partial charge on any atom is -0.544 e. The van der Waals surface area contributed by atoms with Crippen LogP contribution in [0.3, 0.4) is 0 Å². The molecule has 0 amide bonds. The minimum atomic E-state index is -2.90. The third kappa shape index (κ3) is 6.34. The van der Waals surface area contributed by atoms with E-state index in [4.69, 9.17) is 27.6 Å². The van der Waals surface area contributed by atoms with Crippen molar-refractivity contribution in [2.75, 3.05) is 12.5 Å². The number of hydrogen-bond acceptors (Lipinski definition) is 2. The molecule has 0 bridgehead atoms. The standard InChI is InChI=1S/C30H37ClO2Si/c1-7-28(23-11-9-8-10-12-23)29(24-13-17-26(18-14-24)32-22-21-31)25-15-19-27(20-16-25)33-34(5,6)30(2,3)4/h8-20H,7,21-22H2,1-6H3/b29-28+/i1D3,7D2. The smallest absolute Gasteiger partial charge is 0.250 e. The fourth-order valence-electron chi connectivity index (χ4n) is 3.35. The molecular weight excluding hydrogens is 456 g/mol. The number of alkyl halides is 1. The quantitative estimate of drug-likeness (QED) is 0.167. The van der Waals surface area contributed by atoms with Gasteiger partial charge in [-0.15, -0.1) is 11.6 Å². The summed E-state index contributed by atoms with van der Waals surface area (Å²) < 4.78 is 54.1. The number of rotatable bonds is 9. The Morgan fingerprint density at radius 1 is 0.853 bits per heavy atom. The average Bonchev–Trinajstić information content (AvgIpc) is 2.86. The van der Waals surface area contributed by atoms with E-state index >= 15 is 0 Å². The van der Waals surface area contributed by atoms with Gasteiger partial charge in [-0.05, 0) is 76.6 Å². The van der Waals surface area contributed by atoms with Gasteiger partial charge in [0.05, 0.1) is 5.88 Å². The second-order valence-corrected chi connectivity index (χ2v) is 14.8. The zero-order chi connectivity index (χ0) is 29.1. The molecule has 3 rings (SSSR count). The normalized spacial score (nSPS) is 15.8. The summed E-state index contributed by atoms with van der Waals surface area (Å²) in [5.74, 6) is 1.71. The van der Waals surface area contributed by atoms with Gasteiger partial charge in [-0.3, -0.25) is 0 Å². The predicted molar refractivity (Wildman–Crippen MR) is 150 cm³/mol. The maximum atomic E-state index is 8.85.